The number of aryl methyl sites for hydroxylation is 1. The minimum Gasteiger partial charge on any atom is -0.329 e. The molecular weight excluding hydrogens is 234 g/mol. The number of rotatable bonds is 5. The van der Waals surface area contributed by atoms with Gasteiger partial charge in [0.2, 0.25) is 0 Å². The number of likely N-dealkylation sites (tertiary alicyclic amines) is 1. The first-order valence-corrected chi connectivity index (χ1v) is 7.51. The van der Waals surface area contributed by atoms with Gasteiger partial charge in [0.1, 0.15) is 0 Å². The topological polar surface area (TPSA) is 42.1 Å². The summed E-state index contributed by atoms with van der Waals surface area (Å²) in [6.07, 6.45) is 5.83. The summed E-state index contributed by atoms with van der Waals surface area (Å²) in [5, 5.41) is 0. The zero-order chi connectivity index (χ0) is 13.9. The maximum Gasteiger partial charge on any atom is 0.0485 e. The van der Waals surface area contributed by atoms with Crippen LogP contribution in [0.3, 0.4) is 0 Å². The molecular formula is C16H27N3. The first-order valence-electron chi connectivity index (χ1n) is 7.51. The van der Waals surface area contributed by atoms with E-state index in [9.17, 15) is 0 Å². The summed E-state index contributed by atoms with van der Waals surface area (Å²) in [6, 6.07) is 4.59. The van der Waals surface area contributed by atoms with Crippen molar-refractivity contribution in [3.63, 3.8) is 0 Å². The molecule has 1 fully saturated rings. The second-order valence-electron chi connectivity index (χ2n) is 5.91. The average Bonchev–Trinajstić information content (AvgIpc) is 2.87. The maximum absolute atomic E-state index is 6.02. The molecule has 1 atom stereocenters. The average molecular weight is 261 g/mol. The van der Waals surface area contributed by atoms with E-state index in [4.69, 9.17) is 5.73 Å². The molecule has 1 aromatic rings. The van der Waals surface area contributed by atoms with E-state index in [1.54, 1.807) is 0 Å². The Kier molecular flexibility index (Phi) is 4.58. The molecule has 19 heavy (non-hydrogen) atoms. The summed E-state index contributed by atoms with van der Waals surface area (Å²) < 4.78 is 0. The van der Waals surface area contributed by atoms with E-state index in [0.29, 0.717) is 18.0 Å². The SMILES string of the molecule is CCC1(CC)CCN(C(CN)c2ccc(C)nc2)C1. The van der Waals surface area contributed by atoms with Crippen molar-refractivity contribution in [3.05, 3.63) is 29.6 Å². The fourth-order valence-electron chi connectivity index (χ4n) is 3.24. The predicted octanol–water partition coefficient (Wildman–Crippen LogP) is 2.90. The van der Waals surface area contributed by atoms with Gasteiger partial charge in [0.15, 0.2) is 0 Å². The van der Waals surface area contributed by atoms with Crippen LogP contribution in [0.4, 0.5) is 0 Å². The normalized spacial score (nSPS) is 20.6. The van der Waals surface area contributed by atoms with Gasteiger partial charge in [-0.2, -0.15) is 0 Å². The highest BCUT2D eigenvalue weighted by Gasteiger charge is 2.37. The lowest BCUT2D eigenvalue weighted by atomic mass is 9.82. The fraction of sp³-hybridized carbons (Fsp3) is 0.688. The van der Waals surface area contributed by atoms with E-state index < -0.39 is 0 Å². The Morgan fingerprint density at radius 2 is 2.11 bits per heavy atom. The minimum absolute atomic E-state index is 0.327. The Morgan fingerprint density at radius 1 is 1.37 bits per heavy atom. The Bertz CT molecular complexity index is 395. The van der Waals surface area contributed by atoms with E-state index in [1.807, 2.05) is 13.1 Å². The van der Waals surface area contributed by atoms with Gasteiger partial charge in [0.25, 0.3) is 0 Å². The van der Waals surface area contributed by atoms with Crippen molar-refractivity contribution < 1.29 is 0 Å². The van der Waals surface area contributed by atoms with Gasteiger partial charge in [-0.15, -0.1) is 0 Å². The number of hydrogen-bond acceptors (Lipinski definition) is 3. The molecule has 3 nitrogen and oxygen atoms in total. The quantitative estimate of drug-likeness (QED) is 0.886. The summed E-state index contributed by atoms with van der Waals surface area (Å²) in [5.41, 5.74) is 8.86. The molecule has 0 aromatic carbocycles. The Hall–Kier alpha value is -0.930. The molecule has 2 N–H and O–H groups in total. The lowest BCUT2D eigenvalue weighted by molar-refractivity contribution is 0.197. The van der Waals surface area contributed by atoms with Gasteiger partial charge in [0.05, 0.1) is 0 Å². The van der Waals surface area contributed by atoms with Crippen molar-refractivity contribution in [2.24, 2.45) is 11.1 Å². The van der Waals surface area contributed by atoms with Gasteiger partial charge < -0.3 is 5.73 Å². The van der Waals surface area contributed by atoms with E-state index >= 15 is 0 Å². The van der Waals surface area contributed by atoms with Crippen LogP contribution in [-0.4, -0.2) is 29.5 Å². The molecule has 1 unspecified atom stereocenters. The van der Waals surface area contributed by atoms with Crippen molar-refractivity contribution >= 4 is 0 Å². The summed E-state index contributed by atoms with van der Waals surface area (Å²) in [4.78, 5) is 6.97. The second-order valence-corrected chi connectivity index (χ2v) is 5.91. The summed E-state index contributed by atoms with van der Waals surface area (Å²) in [7, 11) is 0. The Labute approximate surface area is 117 Å². The Morgan fingerprint density at radius 3 is 2.58 bits per heavy atom. The van der Waals surface area contributed by atoms with Crippen molar-refractivity contribution in [3.8, 4) is 0 Å². The number of aromatic nitrogens is 1. The summed E-state index contributed by atoms with van der Waals surface area (Å²) >= 11 is 0. The minimum atomic E-state index is 0.327. The summed E-state index contributed by atoms with van der Waals surface area (Å²) in [5.74, 6) is 0. The lowest BCUT2D eigenvalue weighted by Gasteiger charge is -2.31. The van der Waals surface area contributed by atoms with Crippen LogP contribution in [0.5, 0.6) is 0 Å². The molecule has 1 saturated heterocycles. The molecule has 0 amide bonds. The van der Waals surface area contributed by atoms with E-state index in [1.165, 1.54) is 31.4 Å². The van der Waals surface area contributed by atoms with Crippen molar-refractivity contribution in [1.29, 1.82) is 0 Å². The van der Waals surface area contributed by atoms with Crippen LogP contribution < -0.4 is 5.73 Å². The van der Waals surface area contributed by atoms with Crippen LogP contribution in [0.25, 0.3) is 0 Å². The molecule has 2 rings (SSSR count). The number of nitrogens with zero attached hydrogens (tertiary/aromatic N) is 2. The molecule has 1 aliphatic rings. The van der Waals surface area contributed by atoms with E-state index in [0.717, 1.165) is 12.2 Å². The first kappa shape index (κ1) is 14.5. The molecule has 0 aliphatic carbocycles. The standard InChI is InChI=1S/C16H27N3/c1-4-16(5-2)8-9-19(12-16)15(10-17)14-7-6-13(3)18-11-14/h6-7,11,15H,4-5,8-10,12,17H2,1-3H3. The van der Waals surface area contributed by atoms with E-state index in [-0.39, 0.29) is 0 Å². The van der Waals surface area contributed by atoms with Crippen LogP contribution in [0, 0.1) is 12.3 Å². The Balaban J connectivity index is 2.13. The highest BCUT2D eigenvalue weighted by molar-refractivity contribution is 5.18. The molecule has 1 aromatic heterocycles. The van der Waals surface area contributed by atoms with Gasteiger partial charge in [-0.25, -0.2) is 0 Å². The number of nitrogens with two attached hydrogens (primary N) is 1. The van der Waals surface area contributed by atoms with Crippen LogP contribution in [0.1, 0.15) is 50.4 Å². The van der Waals surface area contributed by atoms with Crippen LogP contribution in [0.15, 0.2) is 18.3 Å². The van der Waals surface area contributed by atoms with Crippen LogP contribution >= 0.6 is 0 Å². The van der Waals surface area contributed by atoms with Gasteiger partial charge in [0, 0.05) is 31.0 Å². The van der Waals surface area contributed by atoms with Crippen LogP contribution in [-0.2, 0) is 0 Å². The third-order valence-electron chi connectivity index (χ3n) is 4.95. The van der Waals surface area contributed by atoms with E-state index in [2.05, 4.69) is 35.9 Å². The van der Waals surface area contributed by atoms with Crippen LogP contribution in [0.2, 0.25) is 0 Å². The van der Waals surface area contributed by atoms with Crippen molar-refractivity contribution in [2.75, 3.05) is 19.6 Å². The van der Waals surface area contributed by atoms with Gasteiger partial charge >= 0.3 is 0 Å². The second kappa shape index (κ2) is 6.02. The molecule has 2 heterocycles. The third-order valence-corrected chi connectivity index (χ3v) is 4.95. The van der Waals surface area contributed by atoms with Gasteiger partial charge in [-0.1, -0.05) is 19.9 Å². The molecule has 106 valence electrons. The van der Waals surface area contributed by atoms with Gasteiger partial charge in [-0.05, 0) is 49.8 Å². The fourth-order valence-corrected chi connectivity index (χ4v) is 3.24. The molecule has 0 radical (unpaired) electrons. The van der Waals surface area contributed by atoms with Gasteiger partial charge in [-0.3, -0.25) is 9.88 Å². The summed E-state index contributed by atoms with van der Waals surface area (Å²) in [6.45, 7) is 9.67. The lowest BCUT2D eigenvalue weighted by Crippen LogP contribution is -2.34. The van der Waals surface area contributed by atoms with Crippen molar-refractivity contribution in [2.45, 2.75) is 46.1 Å². The van der Waals surface area contributed by atoms with Crippen molar-refractivity contribution in [1.82, 2.24) is 9.88 Å². The third kappa shape index (κ3) is 2.98. The maximum atomic E-state index is 6.02. The zero-order valence-corrected chi connectivity index (χ0v) is 12.5. The molecule has 0 saturated carbocycles. The zero-order valence-electron chi connectivity index (χ0n) is 12.5. The predicted molar refractivity (Wildman–Crippen MR) is 80.0 cm³/mol. The molecule has 1 aliphatic heterocycles. The molecule has 0 bridgehead atoms. The largest absolute Gasteiger partial charge is 0.329 e. The molecule has 0 spiro atoms. The highest BCUT2D eigenvalue weighted by atomic mass is 15.2. The highest BCUT2D eigenvalue weighted by Crippen LogP contribution is 2.40. The number of pyridine rings is 1. The number of hydrogen-bond donors (Lipinski definition) is 1. The first-order chi connectivity index (χ1) is 9.14. The smallest absolute Gasteiger partial charge is 0.0485 e. The molecule has 3 heteroatoms. The monoisotopic (exact) mass is 261 g/mol.